The van der Waals surface area contributed by atoms with E-state index in [1.165, 1.54) is 0 Å². The largest absolute Gasteiger partial charge is 0.368 e. The number of nitrogens with two attached hydrogens (primary N) is 1. The van der Waals surface area contributed by atoms with Crippen LogP contribution in [0.25, 0.3) is 0 Å². The van der Waals surface area contributed by atoms with Crippen LogP contribution in [0, 0.1) is 0 Å². The Hall–Kier alpha value is -1.24. The van der Waals surface area contributed by atoms with Crippen LogP contribution in [0.2, 0.25) is 0 Å². The van der Waals surface area contributed by atoms with Crippen molar-refractivity contribution in [2.24, 2.45) is 5.73 Å². The van der Waals surface area contributed by atoms with Crippen molar-refractivity contribution in [1.29, 1.82) is 0 Å². The van der Waals surface area contributed by atoms with Crippen molar-refractivity contribution in [2.75, 3.05) is 37.7 Å². The maximum atomic E-state index is 12.2. The van der Waals surface area contributed by atoms with E-state index in [4.69, 9.17) is 5.73 Å². The molecule has 1 aromatic carbocycles. The number of nitrogens with one attached hydrogen (secondary N) is 1. The Morgan fingerprint density at radius 1 is 1.33 bits per heavy atom. The minimum absolute atomic E-state index is 0.373. The normalized spacial score (nSPS) is 20.0. The monoisotopic (exact) mass is 309 g/mol. The molecule has 2 rings (SSSR count). The smallest absolute Gasteiger partial charge is 0.243 e. The van der Waals surface area contributed by atoms with E-state index in [0.717, 1.165) is 18.7 Å². The summed E-state index contributed by atoms with van der Waals surface area (Å²) in [5, 5.41) is 3.28. The average Bonchev–Trinajstić information content (AvgIpc) is 2.49. The maximum Gasteiger partial charge on any atom is 0.243 e. The van der Waals surface area contributed by atoms with Crippen LogP contribution in [0.4, 0.5) is 0 Å². The van der Waals surface area contributed by atoms with E-state index in [9.17, 15) is 9.00 Å². The van der Waals surface area contributed by atoms with E-state index in [-0.39, 0.29) is 5.91 Å². The summed E-state index contributed by atoms with van der Waals surface area (Å²) >= 11 is 0. The van der Waals surface area contributed by atoms with Gasteiger partial charge in [0.05, 0.1) is 0 Å². The van der Waals surface area contributed by atoms with Gasteiger partial charge in [-0.05, 0) is 12.1 Å². The lowest BCUT2D eigenvalue weighted by molar-refractivity contribution is -0.125. The lowest BCUT2D eigenvalue weighted by Gasteiger charge is -2.38. The Labute approximate surface area is 128 Å². The number of primary amides is 1. The van der Waals surface area contributed by atoms with Crippen LogP contribution in [0.3, 0.4) is 0 Å². The molecule has 1 unspecified atom stereocenters. The summed E-state index contributed by atoms with van der Waals surface area (Å²) in [5.74, 6) is 0.952. The molecule has 1 fully saturated rings. The van der Waals surface area contributed by atoms with E-state index in [2.05, 4.69) is 10.2 Å². The van der Waals surface area contributed by atoms with Crippen molar-refractivity contribution in [1.82, 2.24) is 10.2 Å². The molecule has 5 nitrogen and oxygen atoms in total. The third-order valence-electron chi connectivity index (χ3n) is 3.90. The highest BCUT2D eigenvalue weighted by molar-refractivity contribution is 7.85. The molecule has 1 amide bonds. The molecule has 1 aliphatic heterocycles. The molecule has 6 heteroatoms. The second-order valence-corrected chi connectivity index (χ2v) is 6.99. The fourth-order valence-corrected chi connectivity index (χ4v) is 3.88. The highest BCUT2D eigenvalue weighted by Crippen LogP contribution is 2.23. The Balaban J connectivity index is 2.27. The predicted molar refractivity (Wildman–Crippen MR) is 85.3 cm³/mol. The Morgan fingerprint density at radius 3 is 2.48 bits per heavy atom. The van der Waals surface area contributed by atoms with Crippen LogP contribution in [0.5, 0.6) is 0 Å². The molecule has 0 saturated carbocycles. The zero-order chi connectivity index (χ0) is 15.3. The van der Waals surface area contributed by atoms with Gasteiger partial charge in [0.15, 0.2) is 0 Å². The number of hydrogen-bond acceptors (Lipinski definition) is 4. The van der Waals surface area contributed by atoms with Crippen LogP contribution >= 0.6 is 0 Å². The number of nitrogens with zero attached hydrogens (tertiary/aromatic N) is 1. The van der Waals surface area contributed by atoms with Gasteiger partial charge in [-0.3, -0.25) is 19.2 Å². The molecule has 1 atom stereocenters. The zero-order valence-corrected chi connectivity index (χ0v) is 13.2. The lowest BCUT2D eigenvalue weighted by atomic mass is 9.88. The highest BCUT2D eigenvalue weighted by atomic mass is 32.2. The number of likely N-dealkylation sites (N-methyl/N-ethyl adjacent to an activating group) is 1. The molecule has 1 aliphatic rings. The minimum Gasteiger partial charge on any atom is -0.368 e. The van der Waals surface area contributed by atoms with Gasteiger partial charge in [0, 0.05) is 41.9 Å². The molecule has 0 aromatic heterocycles. The molecule has 1 heterocycles. The van der Waals surface area contributed by atoms with Crippen LogP contribution < -0.4 is 11.1 Å². The van der Waals surface area contributed by atoms with Crippen molar-refractivity contribution >= 4 is 16.7 Å². The Morgan fingerprint density at radius 2 is 1.95 bits per heavy atom. The number of amides is 1. The van der Waals surface area contributed by atoms with Crippen molar-refractivity contribution in [3.8, 4) is 0 Å². The number of benzene rings is 1. The van der Waals surface area contributed by atoms with Gasteiger partial charge in [0.1, 0.15) is 5.54 Å². The van der Waals surface area contributed by atoms with E-state index >= 15 is 0 Å². The van der Waals surface area contributed by atoms with Crippen molar-refractivity contribution < 1.29 is 9.00 Å². The fraction of sp³-hybridized carbons (Fsp3) is 0.533. The third-order valence-corrected chi connectivity index (χ3v) is 5.17. The zero-order valence-electron chi connectivity index (χ0n) is 12.4. The van der Waals surface area contributed by atoms with Gasteiger partial charge in [0.2, 0.25) is 5.91 Å². The van der Waals surface area contributed by atoms with Crippen molar-refractivity contribution in [3.63, 3.8) is 0 Å². The Bertz CT molecular complexity index is 499. The molecular formula is C15H23N3O2S. The standard InChI is InChI=1S/C15H23N3O2S/c1-2-17-15(14(16)19,13-6-4-3-5-7-13)12-18-8-10-21(20)11-9-18/h3-7,17H,2,8-12H2,1H3,(H2,16,19). The van der Waals surface area contributed by atoms with E-state index in [1.807, 2.05) is 37.3 Å². The van der Waals surface area contributed by atoms with Crippen LogP contribution in [0.15, 0.2) is 30.3 Å². The number of rotatable bonds is 6. The van der Waals surface area contributed by atoms with Crippen molar-refractivity contribution in [2.45, 2.75) is 12.5 Å². The van der Waals surface area contributed by atoms with Crippen LogP contribution in [-0.4, -0.2) is 52.7 Å². The van der Waals surface area contributed by atoms with Gasteiger partial charge in [0.25, 0.3) is 0 Å². The molecule has 3 N–H and O–H groups in total. The quantitative estimate of drug-likeness (QED) is 0.778. The minimum atomic E-state index is -0.894. The number of carbonyl (C=O) groups is 1. The van der Waals surface area contributed by atoms with Gasteiger partial charge in [-0.1, -0.05) is 37.3 Å². The lowest BCUT2D eigenvalue weighted by Crippen LogP contribution is -2.60. The molecular weight excluding hydrogens is 286 g/mol. The molecule has 0 spiro atoms. The summed E-state index contributed by atoms with van der Waals surface area (Å²) in [5.41, 5.74) is 5.73. The maximum absolute atomic E-state index is 12.2. The first kappa shape index (κ1) is 16.1. The predicted octanol–water partition coefficient (Wildman–Crippen LogP) is 0.0410. The van der Waals surface area contributed by atoms with E-state index < -0.39 is 16.3 Å². The summed E-state index contributed by atoms with van der Waals surface area (Å²) in [7, 11) is -0.726. The molecule has 0 radical (unpaired) electrons. The summed E-state index contributed by atoms with van der Waals surface area (Å²) in [6, 6.07) is 9.60. The van der Waals surface area contributed by atoms with Gasteiger partial charge < -0.3 is 5.73 Å². The van der Waals surface area contributed by atoms with Crippen LogP contribution in [0.1, 0.15) is 12.5 Å². The SMILES string of the molecule is CCNC(CN1CCS(=O)CC1)(C(N)=O)c1ccccc1. The average molecular weight is 309 g/mol. The summed E-state index contributed by atoms with van der Waals surface area (Å²) in [4.78, 5) is 14.4. The van der Waals surface area contributed by atoms with Crippen LogP contribution in [-0.2, 0) is 21.1 Å². The number of carbonyl (C=O) groups excluding carboxylic acids is 1. The topological polar surface area (TPSA) is 75.4 Å². The second kappa shape index (κ2) is 7.15. The third kappa shape index (κ3) is 3.70. The van der Waals surface area contributed by atoms with Gasteiger partial charge in [-0.2, -0.15) is 0 Å². The first-order chi connectivity index (χ1) is 10.1. The Kier molecular flexibility index (Phi) is 5.50. The summed E-state index contributed by atoms with van der Waals surface area (Å²) < 4.78 is 11.5. The molecule has 21 heavy (non-hydrogen) atoms. The van der Waals surface area contributed by atoms with Crippen molar-refractivity contribution in [3.05, 3.63) is 35.9 Å². The summed E-state index contributed by atoms with van der Waals surface area (Å²) in [6.07, 6.45) is 0. The van der Waals surface area contributed by atoms with Gasteiger partial charge in [-0.15, -0.1) is 0 Å². The molecule has 1 saturated heterocycles. The highest BCUT2D eigenvalue weighted by Gasteiger charge is 2.39. The first-order valence-corrected chi connectivity index (χ1v) is 8.75. The second-order valence-electron chi connectivity index (χ2n) is 5.29. The van der Waals surface area contributed by atoms with E-state index in [1.54, 1.807) is 0 Å². The first-order valence-electron chi connectivity index (χ1n) is 7.26. The van der Waals surface area contributed by atoms with E-state index in [0.29, 0.717) is 24.6 Å². The summed E-state index contributed by atoms with van der Waals surface area (Å²) in [6.45, 7) is 4.60. The molecule has 0 bridgehead atoms. The molecule has 116 valence electrons. The fourth-order valence-electron chi connectivity index (χ4n) is 2.75. The molecule has 1 aromatic rings. The molecule has 0 aliphatic carbocycles. The number of hydrogen-bond donors (Lipinski definition) is 2. The van der Waals surface area contributed by atoms with Gasteiger partial charge >= 0.3 is 0 Å². The van der Waals surface area contributed by atoms with Gasteiger partial charge in [-0.25, -0.2) is 0 Å².